The van der Waals surface area contributed by atoms with Crippen LogP contribution in [0.3, 0.4) is 0 Å². The van der Waals surface area contributed by atoms with Crippen LogP contribution in [0.1, 0.15) is 23.6 Å². The van der Waals surface area contributed by atoms with Crippen molar-refractivity contribution in [3.05, 3.63) is 84.3 Å². The van der Waals surface area contributed by atoms with Crippen molar-refractivity contribution in [3.8, 4) is 17.2 Å². The average Bonchev–Trinajstić information content (AvgIpc) is 3.53. The summed E-state index contributed by atoms with van der Waals surface area (Å²) in [6.07, 6.45) is 6.88. The highest BCUT2D eigenvalue weighted by atomic mass is 16.5. The van der Waals surface area contributed by atoms with E-state index in [1.165, 1.54) is 11.1 Å². The van der Waals surface area contributed by atoms with Crippen LogP contribution in [0.25, 0.3) is 5.65 Å². The zero-order valence-corrected chi connectivity index (χ0v) is 19.8. The van der Waals surface area contributed by atoms with E-state index < -0.39 is 0 Å². The van der Waals surface area contributed by atoms with E-state index in [0.717, 1.165) is 48.1 Å². The highest BCUT2D eigenvalue weighted by Crippen LogP contribution is 2.44. The zero-order valence-electron chi connectivity index (χ0n) is 19.8. The Morgan fingerprint density at radius 2 is 1.82 bits per heavy atom. The Hall–Kier alpha value is -3.71. The molecule has 176 valence electrons. The number of hydrogen-bond donors (Lipinski definition) is 1. The van der Waals surface area contributed by atoms with Crippen LogP contribution in [-0.2, 0) is 6.54 Å². The smallest absolute Gasteiger partial charge is 0.184 e. The molecule has 7 nitrogen and oxygen atoms in total. The SMILES string of the molecule is COc1ccc(CNC2CCN(c3cccc(OC)c3OC)C2c2ccn3ccnc3c2)cc1. The molecular formula is C27H30N4O3. The van der Waals surface area contributed by atoms with Crippen molar-refractivity contribution in [1.82, 2.24) is 14.7 Å². The van der Waals surface area contributed by atoms with Gasteiger partial charge in [0.1, 0.15) is 11.4 Å². The molecule has 1 fully saturated rings. The highest BCUT2D eigenvalue weighted by Gasteiger charge is 2.37. The van der Waals surface area contributed by atoms with Crippen molar-refractivity contribution in [2.75, 3.05) is 32.8 Å². The summed E-state index contributed by atoms with van der Waals surface area (Å²) in [7, 11) is 5.06. The van der Waals surface area contributed by atoms with Gasteiger partial charge in [-0.15, -0.1) is 0 Å². The van der Waals surface area contributed by atoms with Crippen LogP contribution in [0.2, 0.25) is 0 Å². The lowest BCUT2D eigenvalue weighted by Crippen LogP contribution is -2.36. The molecule has 5 rings (SSSR count). The quantitative estimate of drug-likeness (QED) is 0.420. The van der Waals surface area contributed by atoms with Gasteiger partial charge in [0, 0.05) is 37.7 Å². The number of ether oxygens (including phenoxy) is 3. The fourth-order valence-corrected chi connectivity index (χ4v) is 4.89. The Balaban J connectivity index is 1.49. The molecule has 2 aromatic heterocycles. The number of pyridine rings is 1. The molecular weight excluding hydrogens is 428 g/mol. The Labute approximate surface area is 199 Å². The largest absolute Gasteiger partial charge is 0.497 e. The molecule has 4 aromatic rings. The predicted octanol–water partition coefficient (Wildman–Crippen LogP) is 4.47. The zero-order chi connectivity index (χ0) is 23.5. The Bertz CT molecular complexity index is 1250. The number of anilines is 1. The van der Waals surface area contributed by atoms with Crippen LogP contribution < -0.4 is 24.4 Å². The molecule has 2 atom stereocenters. The van der Waals surface area contributed by atoms with Gasteiger partial charge in [-0.25, -0.2) is 4.98 Å². The van der Waals surface area contributed by atoms with Crippen molar-refractivity contribution in [2.24, 2.45) is 0 Å². The molecule has 0 spiro atoms. The number of para-hydroxylation sites is 1. The van der Waals surface area contributed by atoms with E-state index in [4.69, 9.17) is 14.2 Å². The van der Waals surface area contributed by atoms with E-state index in [2.05, 4.69) is 51.7 Å². The third kappa shape index (κ3) is 4.15. The van der Waals surface area contributed by atoms with Gasteiger partial charge in [0.05, 0.1) is 33.1 Å². The molecule has 0 saturated carbocycles. The van der Waals surface area contributed by atoms with Crippen LogP contribution >= 0.6 is 0 Å². The number of hydrogen-bond acceptors (Lipinski definition) is 6. The second-order valence-corrected chi connectivity index (χ2v) is 8.43. The van der Waals surface area contributed by atoms with Crippen molar-refractivity contribution in [3.63, 3.8) is 0 Å². The minimum atomic E-state index is 0.112. The number of nitrogens with one attached hydrogen (secondary N) is 1. The van der Waals surface area contributed by atoms with Crippen molar-refractivity contribution in [2.45, 2.75) is 25.0 Å². The third-order valence-corrected chi connectivity index (χ3v) is 6.58. The molecule has 2 aromatic carbocycles. The fourth-order valence-electron chi connectivity index (χ4n) is 4.89. The minimum absolute atomic E-state index is 0.112. The Morgan fingerprint density at radius 3 is 2.59 bits per heavy atom. The monoisotopic (exact) mass is 458 g/mol. The first-order chi connectivity index (χ1) is 16.7. The number of nitrogens with zero attached hydrogens (tertiary/aromatic N) is 3. The summed E-state index contributed by atoms with van der Waals surface area (Å²) in [5.74, 6) is 2.36. The van der Waals surface area contributed by atoms with E-state index in [9.17, 15) is 0 Å². The highest BCUT2D eigenvalue weighted by molar-refractivity contribution is 5.67. The van der Waals surface area contributed by atoms with Crippen molar-refractivity contribution >= 4 is 11.3 Å². The van der Waals surface area contributed by atoms with Crippen molar-refractivity contribution in [1.29, 1.82) is 0 Å². The van der Waals surface area contributed by atoms with Crippen LogP contribution in [0, 0.1) is 0 Å². The molecule has 1 aliphatic heterocycles. The maximum atomic E-state index is 5.79. The molecule has 1 aliphatic rings. The molecule has 0 amide bonds. The van der Waals surface area contributed by atoms with Crippen LogP contribution in [0.5, 0.6) is 17.2 Å². The standard InChI is InChI=1S/C27H30N4O3/c1-32-21-9-7-19(8-10-21)18-29-22-12-15-31(23-5-4-6-24(33-2)27(23)34-3)26(22)20-11-14-30-16-13-28-25(30)17-20/h4-11,13-14,16-17,22,26,29H,12,15,18H2,1-3H3. The molecule has 0 bridgehead atoms. The second-order valence-electron chi connectivity index (χ2n) is 8.43. The summed E-state index contributed by atoms with van der Waals surface area (Å²) in [5.41, 5.74) is 4.41. The summed E-state index contributed by atoms with van der Waals surface area (Å²) >= 11 is 0. The van der Waals surface area contributed by atoms with Gasteiger partial charge in [-0.3, -0.25) is 0 Å². The Morgan fingerprint density at radius 1 is 0.971 bits per heavy atom. The molecule has 0 radical (unpaired) electrons. The van der Waals surface area contributed by atoms with Gasteiger partial charge in [0.2, 0.25) is 0 Å². The first kappa shape index (κ1) is 22.1. The number of imidazole rings is 1. The van der Waals surface area contributed by atoms with Gasteiger partial charge in [-0.05, 0) is 53.9 Å². The number of benzene rings is 2. The molecule has 1 saturated heterocycles. The fraction of sp³-hybridized carbons (Fsp3) is 0.296. The number of methoxy groups -OCH3 is 3. The topological polar surface area (TPSA) is 60.3 Å². The number of aromatic nitrogens is 2. The van der Waals surface area contributed by atoms with Crippen LogP contribution in [0.15, 0.2) is 73.2 Å². The normalized spacial score (nSPS) is 17.8. The van der Waals surface area contributed by atoms with Crippen LogP contribution in [0.4, 0.5) is 5.69 Å². The second kappa shape index (κ2) is 9.65. The first-order valence-corrected chi connectivity index (χ1v) is 11.5. The summed E-state index contributed by atoms with van der Waals surface area (Å²) < 4.78 is 18.7. The lowest BCUT2D eigenvalue weighted by atomic mass is 10.00. The maximum Gasteiger partial charge on any atom is 0.184 e. The van der Waals surface area contributed by atoms with E-state index in [0.29, 0.717) is 0 Å². The summed E-state index contributed by atoms with van der Waals surface area (Å²) in [4.78, 5) is 6.93. The molecule has 0 aliphatic carbocycles. The van der Waals surface area contributed by atoms with Gasteiger partial charge < -0.3 is 28.8 Å². The van der Waals surface area contributed by atoms with Gasteiger partial charge in [0.15, 0.2) is 11.5 Å². The van der Waals surface area contributed by atoms with Gasteiger partial charge in [0.25, 0.3) is 0 Å². The van der Waals surface area contributed by atoms with Crippen molar-refractivity contribution < 1.29 is 14.2 Å². The minimum Gasteiger partial charge on any atom is -0.497 e. The molecule has 3 heterocycles. The van der Waals surface area contributed by atoms with E-state index in [-0.39, 0.29) is 12.1 Å². The summed E-state index contributed by atoms with van der Waals surface area (Å²) in [6, 6.07) is 19.0. The number of rotatable bonds is 8. The first-order valence-electron chi connectivity index (χ1n) is 11.5. The molecule has 7 heteroatoms. The van der Waals surface area contributed by atoms with E-state index in [1.54, 1.807) is 21.3 Å². The van der Waals surface area contributed by atoms with Gasteiger partial charge in [-0.2, -0.15) is 0 Å². The molecule has 2 unspecified atom stereocenters. The maximum absolute atomic E-state index is 5.79. The van der Waals surface area contributed by atoms with Gasteiger partial charge >= 0.3 is 0 Å². The van der Waals surface area contributed by atoms with Crippen LogP contribution in [-0.4, -0.2) is 43.3 Å². The van der Waals surface area contributed by atoms with E-state index in [1.807, 2.05) is 41.1 Å². The summed E-state index contributed by atoms with van der Waals surface area (Å²) in [6.45, 7) is 1.67. The molecule has 34 heavy (non-hydrogen) atoms. The lowest BCUT2D eigenvalue weighted by molar-refractivity contribution is 0.354. The summed E-state index contributed by atoms with van der Waals surface area (Å²) in [5, 5.41) is 3.81. The lowest BCUT2D eigenvalue weighted by Gasteiger charge is -2.32. The predicted molar refractivity (Wildman–Crippen MR) is 133 cm³/mol. The van der Waals surface area contributed by atoms with Gasteiger partial charge in [-0.1, -0.05) is 18.2 Å². The Kier molecular flexibility index (Phi) is 6.27. The van der Waals surface area contributed by atoms with E-state index >= 15 is 0 Å². The third-order valence-electron chi connectivity index (χ3n) is 6.58. The molecule has 1 N–H and O–H groups in total. The average molecular weight is 459 g/mol. The number of fused-ring (bicyclic) bond motifs is 1.